The van der Waals surface area contributed by atoms with Crippen molar-refractivity contribution in [2.45, 2.75) is 12.5 Å². The van der Waals surface area contributed by atoms with E-state index in [4.69, 9.17) is 11.5 Å². The van der Waals surface area contributed by atoms with E-state index in [1.165, 1.54) is 4.68 Å². The molecule has 0 amide bonds. The zero-order valence-corrected chi connectivity index (χ0v) is 11.4. The minimum absolute atomic E-state index is 0.0555. The Bertz CT molecular complexity index is 754. The van der Waals surface area contributed by atoms with Crippen molar-refractivity contribution < 1.29 is 8.42 Å². The number of rotatable bonds is 2. The van der Waals surface area contributed by atoms with Crippen LogP contribution in [-0.4, -0.2) is 40.1 Å². The Morgan fingerprint density at radius 1 is 1.30 bits per heavy atom. The molecule has 20 heavy (non-hydrogen) atoms. The molecule has 106 valence electrons. The van der Waals surface area contributed by atoms with Crippen molar-refractivity contribution in [3.63, 3.8) is 0 Å². The van der Waals surface area contributed by atoms with Crippen molar-refractivity contribution >= 4 is 21.2 Å². The van der Waals surface area contributed by atoms with Gasteiger partial charge in [-0.15, -0.1) is 5.10 Å². The molecule has 1 saturated heterocycles. The summed E-state index contributed by atoms with van der Waals surface area (Å²) in [5.41, 5.74) is 13.2. The number of hydrogen-bond acceptors (Lipinski definition) is 7. The lowest BCUT2D eigenvalue weighted by molar-refractivity contribution is 0.489. The molecule has 1 aromatic heterocycles. The first-order valence-corrected chi connectivity index (χ1v) is 7.92. The Hall–Kier alpha value is -2.16. The molecule has 2 aromatic rings. The average Bonchev–Trinajstić information content (AvgIpc) is 2.95. The summed E-state index contributed by atoms with van der Waals surface area (Å²) in [6, 6.07) is 4.81. The largest absolute Gasteiger partial charge is 0.399 e. The molecule has 9 heteroatoms. The predicted octanol–water partition coefficient (Wildman–Crippen LogP) is -0.136. The molecule has 0 aliphatic carbocycles. The molecule has 1 unspecified atom stereocenters. The van der Waals surface area contributed by atoms with Crippen molar-refractivity contribution in [3.8, 4) is 11.4 Å². The number of anilines is 2. The molecule has 1 fully saturated rings. The van der Waals surface area contributed by atoms with Crippen LogP contribution in [0.3, 0.4) is 0 Å². The van der Waals surface area contributed by atoms with E-state index < -0.39 is 9.84 Å². The number of tetrazole rings is 1. The van der Waals surface area contributed by atoms with Gasteiger partial charge < -0.3 is 11.5 Å². The summed E-state index contributed by atoms with van der Waals surface area (Å²) in [7, 11) is -3.00. The first kappa shape index (κ1) is 12.9. The molecule has 8 nitrogen and oxygen atoms in total. The van der Waals surface area contributed by atoms with E-state index in [2.05, 4.69) is 15.5 Å². The highest BCUT2D eigenvalue weighted by Crippen LogP contribution is 2.30. The highest BCUT2D eigenvalue weighted by Gasteiger charge is 2.32. The molecule has 1 aliphatic heterocycles. The lowest BCUT2D eigenvalue weighted by Crippen LogP contribution is -2.14. The molecule has 0 bridgehead atoms. The Morgan fingerprint density at radius 2 is 2.10 bits per heavy atom. The van der Waals surface area contributed by atoms with Crippen LogP contribution >= 0.6 is 0 Å². The van der Waals surface area contributed by atoms with E-state index in [1.54, 1.807) is 18.2 Å². The van der Waals surface area contributed by atoms with Crippen LogP contribution in [0.25, 0.3) is 11.4 Å². The molecule has 0 saturated carbocycles. The fraction of sp³-hybridized carbons (Fsp3) is 0.364. The van der Waals surface area contributed by atoms with Gasteiger partial charge in [-0.3, -0.25) is 0 Å². The van der Waals surface area contributed by atoms with Crippen LogP contribution in [0.4, 0.5) is 11.4 Å². The Balaban J connectivity index is 2.02. The maximum absolute atomic E-state index is 11.6. The molecule has 2 heterocycles. The monoisotopic (exact) mass is 294 g/mol. The number of hydrogen-bond donors (Lipinski definition) is 2. The first-order valence-electron chi connectivity index (χ1n) is 6.10. The summed E-state index contributed by atoms with van der Waals surface area (Å²) in [5, 5.41) is 11.5. The molecule has 1 aliphatic rings. The van der Waals surface area contributed by atoms with Gasteiger partial charge >= 0.3 is 0 Å². The van der Waals surface area contributed by atoms with Crippen molar-refractivity contribution in [3.05, 3.63) is 18.2 Å². The second-order valence-corrected chi connectivity index (χ2v) is 7.08. The van der Waals surface area contributed by atoms with E-state index in [9.17, 15) is 8.42 Å². The Morgan fingerprint density at radius 3 is 2.75 bits per heavy atom. The van der Waals surface area contributed by atoms with Gasteiger partial charge in [-0.2, -0.15) is 0 Å². The fourth-order valence-electron chi connectivity index (χ4n) is 2.37. The van der Waals surface area contributed by atoms with Gasteiger partial charge in [-0.1, -0.05) is 0 Å². The number of nitrogens with zero attached hydrogens (tertiary/aromatic N) is 4. The topological polar surface area (TPSA) is 130 Å². The zero-order valence-electron chi connectivity index (χ0n) is 10.6. The average molecular weight is 294 g/mol. The minimum Gasteiger partial charge on any atom is -0.399 e. The molecule has 0 radical (unpaired) electrons. The molecule has 4 N–H and O–H groups in total. The third-order valence-electron chi connectivity index (χ3n) is 3.36. The summed E-state index contributed by atoms with van der Waals surface area (Å²) >= 11 is 0. The summed E-state index contributed by atoms with van der Waals surface area (Å²) in [4.78, 5) is 0. The van der Waals surface area contributed by atoms with Gasteiger partial charge in [0.15, 0.2) is 15.7 Å². The van der Waals surface area contributed by atoms with E-state index in [0.29, 0.717) is 29.2 Å². The smallest absolute Gasteiger partial charge is 0.184 e. The number of aromatic nitrogens is 4. The van der Waals surface area contributed by atoms with Gasteiger partial charge in [0.2, 0.25) is 0 Å². The lowest BCUT2D eigenvalue weighted by atomic mass is 10.1. The standard InChI is InChI=1S/C11H14N6O2S/c12-7-1-2-9(10(13)5-7)11-14-15-16-17(11)8-3-4-20(18,19)6-8/h1-2,5,8H,3-4,6,12-13H2. The second kappa shape index (κ2) is 4.44. The lowest BCUT2D eigenvalue weighted by Gasteiger charge is -2.11. The minimum atomic E-state index is -3.00. The van der Waals surface area contributed by atoms with E-state index in [0.717, 1.165) is 0 Å². The molecular weight excluding hydrogens is 280 g/mol. The van der Waals surface area contributed by atoms with Gasteiger partial charge in [0.05, 0.1) is 17.5 Å². The molecule has 0 spiro atoms. The van der Waals surface area contributed by atoms with E-state index >= 15 is 0 Å². The van der Waals surface area contributed by atoms with Gasteiger partial charge in [0, 0.05) is 16.9 Å². The highest BCUT2D eigenvalue weighted by molar-refractivity contribution is 7.91. The maximum atomic E-state index is 11.6. The Kier molecular flexibility index (Phi) is 2.85. The predicted molar refractivity (Wildman–Crippen MR) is 74.4 cm³/mol. The summed E-state index contributed by atoms with van der Waals surface area (Å²) in [6.07, 6.45) is 0.509. The van der Waals surface area contributed by atoms with Crippen LogP contribution in [0.1, 0.15) is 12.5 Å². The summed E-state index contributed by atoms with van der Waals surface area (Å²) < 4.78 is 24.7. The third-order valence-corrected chi connectivity index (χ3v) is 5.11. The molecule has 1 atom stereocenters. The number of benzene rings is 1. The van der Waals surface area contributed by atoms with Crippen LogP contribution in [0.15, 0.2) is 18.2 Å². The quantitative estimate of drug-likeness (QED) is 0.737. The SMILES string of the molecule is Nc1ccc(-c2nnnn2C2CCS(=O)(=O)C2)c(N)c1. The van der Waals surface area contributed by atoms with Gasteiger partial charge in [-0.05, 0) is 35.0 Å². The molecular formula is C11H14N6O2S. The van der Waals surface area contributed by atoms with Crippen molar-refractivity contribution in [2.24, 2.45) is 0 Å². The van der Waals surface area contributed by atoms with Crippen molar-refractivity contribution in [2.75, 3.05) is 23.0 Å². The van der Waals surface area contributed by atoms with Crippen molar-refractivity contribution in [1.29, 1.82) is 0 Å². The van der Waals surface area contributed by atoms with Crippen molar-refractivity contribution in [1.82, 2.24) is 20.2 Å². The van der Waals surface area contributed by atoms with Crippen LogP contribution in [0, 0.1) is 0 Å². The highest BCUT2D eigenvalue weighted by atomic mass is 32.2. The molecule has 1 aromatic carbocycles. The first-order chi connectivity index (χ1) is 9.46. The van der Waals surface area contributed by atoms with Gasteiger partial charge in [0.1, 0.15) is 0 Å². The summed E-state index contributed by atoms with van der Waals surface area (Å²) in [6.45, 7) is 0. The van der Waals surface area contributed by atoms with Crippen LogP contribution in [0.2, 0.25) is 0 Å². The number of nitrogens with two attached hydrogens (primary N) is 2. The second-order valence-electron chi connectivity index (χ2n) is 4.85. The van der Waals surface area contributed by atoms with Gasteiger partial charge in [-0.25, -0.2) is 13.1 Å². The fourth-order valence-corrected chi connectivity index (χ4v) is 4.06. The Labute approximate surface area is 115 Å². The van der Waals surface area contributed by atoms with E-state index in [1.807, 2.05) is 0 Å². The summed E-state index contributed by atoms with van der Waals surface area (Å²) in [5.74, 6) is 0.679. The normalized spacial score (nSPS) is 21.1. The number of nitrogen functional groups attached to an aromatic ring is 2. The van der Waals surface area contributed by atoms with E-state index in [-0.39, 0.29) is 17.5 Å². The number of sulfone groups is 1. The third kappa shape index (κ3) is 2.20. The van der Waals surface area contributed by atoms with Gasteiger partial charge in [0.25, 0.3) is 0 Å². The zero-order chi connectivity index (χ0) is 14.3. The maximum Gasteiger partial charge on any atom is 0.184 e. The van der Waals surface area contributed by atoms with Crippen LogP contribution in [0.5, 0.6) is 0 Å². The molecule has 3 rings (SSSR count). The van der Waals surface area contributed by atoms with Crippen LogP contribution < -0.4 is 11.5 Å². The van der Waals surface area contributed by atoms with Crippen LogP contribution in [-0.2, 0) is 9.84 Å².